The Morgan fingerprint density at radius 2 is 1.54 bits per heavy atom. The van der Waals surface area contributed by atoms with Gasteiger partial charge >= 0.3 is 0 Å². The second-order valence-electron chi connectivity index (χ2n) is 5.29. The van der Waals surface area contributed by atoms with Gasteiger partial charge in [-0.05, 0) is 24.2 Å². The summed E-state index contributed by atoms with van der Waals surface area (Å²) in [5.74, 6) is -0.286. The quantitative estimate of drug-likeness (QED) is 0.540. The minimum Gasteiger partial charge on any atom is -0.0888 e. The lowest BCUT2D eigenvalue weighted by Gasteiger charge is -2.05. The zero-order chi connectivity index (χ0) is 11.8. The molecule has 0 aromatic rings. The summed E-state index contributed by atoms with van der Waals surface area (Å²) in [4.78, 5) is 0. The van der Waals surface area contributed by atoms with Gasteiger partial charge < -0.3 is 0 Å². The number of allylic oxidation sites excluding steroid dienone is 2. The molecule has 0 unspecified atom stereocenters. The molecule has 0 radical (unpaired) electrons. The van der Waals surface area contributed by atoms with Crippen molar-refractivity contribution in [3.8, 4) is 0 Å². The van der Waals surface area contributed by atoms with Crippen LogP contribution in [-0.2, 0) is 0 Å². The van der Waals surface area contributed by atoms with Crippen molar-refractivity contribution in [3.05, 3.63) is 12.2 Å². The average molecular weight is 185 g/mol. The monoisotopic (exact) mass is 185 g/mol. The van der Waals surface area contributed by atoms with E-state index in [2.05, 4.69) is 46.8 Å². The Labute approximate surface area is 86.8 Å². The minimum absolute atomic E-state index is 0.286. The van der Waals surface area contributed by atoms with Gasteiger partial charge in [0, 0.05) is 1.37 Å². The van der Waals surface area contributed by atoms with Gasteiger partial charge in [-0.25, -0.2) is 0 Å². The van der Waals surface area contributed by atoms with E-state index in [1.54, 1.807) is 0 Å². The number of hydrogen-bond acceptors (Lipinski definition) is 0. The van der Waals surface area contributed by atoms with Crippen molar-refractivity contribution in [1.82, 2.24) is 0 Å². The molecule has 0 aliphatic rings. The summed E-state index contributed by atoms with van der Waals surface area (Å²) >= 11 is 0. The summed E-state index contributed by atoms with van der Waals surface area (Å²) in [5.41, 5.74) is 0.500. The summed E-state index contributed by atoms with van der Waals surface area (Å²) in [6.45, 7) is 14.7. The van der Waals surface area contributed by atoms with E-state index < -0.39 is 0 Å². The van der Waals surface area contributed by atoms with E-state index in [4.69, 9.17) is 1.37 Å². The molecule has 0 bridgehead atoms. The van der Waals surface area contributed by atoms with Crippen LogP contribution in [-0.4, -0.2) is 0 Å². The van der Waals surface area contributed by atoms with Gasteiger partial charge in [0.2, 0.25) is 0 Å². The fourth-order valence-electron chi connectivity index (χ4n) is 0.486. The van der Waals surface area contributed by atoms with E-state index in [9.17, 15) is 0 Å². The Hall–Kier alpha value is -0.260. The molecule has 0 saturated heterocycles. The van der Waals surface area contributed by atoms with Crippen molar-refractivity contribution in [3.63, 3.8) is 0 Å². The van der Waals surface area contributed by atoms with E-state index in [0.717, 1.165) is 12.8 Å². The van der Waals surface area contributed by atoms with Crippen molar-refractivity contribution in [2.24, 2.45) is 11.3 Å². The Balaban J connectivity index is 0. The lowest BCUT2D eigenvalue weighted by Crippen LogP contribution is -1.93. The summed E-state index contributed by atoms with van der Waals surface area (Å²) < 4.78 is 7.46. The molecular formula is C13H28. The highest BCUT2D eigenvalue weighted by molar-refractivity contribution is 4.80. The third-order valence-corrected chi connectivity index (χ3v) is 0.928. The zero-order valence-corrected chi connectivity index (χ0v) is 10.6. The average Bonchev–Trinajstić information content (AvgIpc) is 1.80. The van der Waals surface area contributed by atoms with E-state index in [1.807, 2.05) is 13.8 Å². The molecule has 0 atom stereocenters. The Morgan fingerprint density at radius 3 is 1.77 bits per heavy atom. The summed E-state index contributed by atoms with van der Waals surface area (Å²) in [5, 5.41) is 0. The third-order valence-electron chi connectivity index (χ3n) is 0.928. The Bertz CT molecular complexity index is 138. The predicted octanol–water partition coefficient (Wildman–Crippen LogP) is 5.05. The number of rotatable bonds is 3. The van der Waals surface area contributed by atoms with Crippen LogP contribution in [0, 0.1) is 11.3 Å². The highest BCUT2D eigenvalue weighted by atomic mass is 14.0. The first-order valence-electron chi connectivity index (χ1n) is 5.71. The molecular weight excluding hydrogens is 156 g/mol. The first-order chi connectivity index (χ1) is 6.06. The molecule has 0 aromatic heterocycles. The van der Waals surface area contributed by atoms with Gasteiger partial charge in [-0.2, -0.15) is 0 Å². The molecule has 0 nitrogen and oxygen atoms in total. The second-order valence-corrected chi connectivity index (χ2v) is 5.29. The van der Waals surface area contributed by atoms with E-state index in [1.165, 1.54) is 0 Å². The van der Waals surface area contributed by atoms with Crippen LogP contribution in [0.3, 0.4) is 0 Å². The van der Waals surface area contributed by atoms with Gasteiger partial charge in [0.25, 0.3) is 0 Å². The maximum absolute atomic E-state index is 7.46. The van der Waals surface area contributed by atoms with Crippen LogP contribution in [0.2, 0.25) is 0 Å². The predicted molar refractivity (Wildman–Crippen MR) is 64.0 cm³/mol. The molecule has 0 rings (SSSR count). The molecule has 80 valence electrons. The molecule has 0 amide bonds. The van der Waals surface area contributed by atoms with Gasteiger partial charge in [0.1, 0.15) is 0 Å². The van der Waals surface area contributed by atoms with Gasteiger partial charge in [0.15, 0.2) is 0 Å². The molecule has 0 aliphatic heterocycles. The van der Waals surface area contributed by atoms with E-state index >= 15 is 0 Å². The zero-order valence-electron chi connectivity index (χ0n) is 11.6. The summed E-state index contributed by atoms with van der Waals surface area (Å²) in [7, 11) is 0. The summed E-state index contributed by atoms with van der Waals surface area (Å²) in [6, 6.07) is 0. The van der Waals surface area contributed by atoms with E-state index in [0.29, 0.717) is 5.41 Å². The van der Waals surface area contributed by atoms with Crippen LogP contribution in [0.15, 0.2) is 12.2 Å². The smallest absolute Gasteiger partial charge is 0.0300 e. The highest BCUT2D eigenvalue weighted by Crippen LogP contribution is 2.08. The van der Waals surface area contributed by atoms with Crippen LogP contribution in [0.4, 0.5) is 0 Å². The molecule has 0 aromatic carbocycles. The minimum atomic E-state index is -0.286. The molecule has 13 heavy (non-hydrogen) atoms. The molecule has 0 aliphatic carbocycles. The molecule has 0 heteroatoms. The highest BCUT2D eigenvalue weighted by Gasteiger charge is 1.95. The van der Waals surface area contributed by atoms with Crippen molar-refractivity contribution in [1.29, 1.82) is 0 Å². The largest absolute Gasteiger partial charge is 0.0888 e. The van der Waals surface area contributed by atoms with Crippen molar-refractivity contribution < 1.29 is 1.37 Å². The van der Waals surface area contributed by atoms with Gasteiger partial charge in [-0.3, -0.25) is 0 Å². The van der Waals surface area contributed by atoms with Crippen molar-refractivity contribution in [2.75, 3.05) is 0 Å². The topological polar surface area (TPSA) is 0 Å². The lowest BCUT2D eigenvalue weighted by atomic mass is 10.0. The molecule has 0 spiro atoms. The lowest BCUT2D eigenvalue weighted by molar-refractivity contribution is 0.469. The molecule has 0 heterocycles. The van der Waals surface area contributed by atoms with Gasteiger partial charge in [-0.1, -0.05) is 60.6 Å². The fourth-order valence-corrected chi connectivity index (χ4v) is 0.486. The molecule has 0 saturated carbocycles. The van der Waals surface area contributed by atoms with Crippen LogP contribution in [0.25, 0.3) is 0 Å². The normalized spacial score (nSPS) is 13.6. The third kappa shape index (κ3) is 49.6. The maximum atomic E-state index is 7.46. The van der Waals surface area contributed by atoms with Crippen LogP contribution in [0.5, 0.6) is 0 Å². The molecule has 0 fully saturated rings. The van der Waals surface area contributed by atoms with Crippen LogP contribution in [0.1, 0.15) is 62.7 Å². The van der Waals surface area contributed by atoms with Gasteiger partial charge in [-0.15, -0.1) is 0 Å². The number of hydrogen-bond donors (Lipinski definition) is 0. The first-order valence-corrected chi connectivity index (χ1v) is 5.21. The Kier molecular flexibility index (Phi) is 8.18. The maximum Gasteiger partial charge on any atom is 0.0300 e. The van der Waals surface area contributed by atoms with Crippen molar-refractivity contribution in [2.45, 2.75) is 61.3 Å². The standard InChI is InChI=1S/C8H16.C5H12/c1-4-5-6-7-8(2)3;1-5(2,3)4/h5-6,8H,4,7H2,1-3H3;1-4H3/i8D;. The van der Waals surface area contributed by atoms with Crippen LogP contribution < -0.4 is 0 Å². The molecule has 0 N–H and O–H groups in total. The second kappa shape index (κ2) is 8.34. The Morgan fingerprint density at radius 1 is 1.15 bits per heavy atom. The van der Waals surface area contributed by atoms with Crippen LogP contribution >= 0.6 is 0 Å². The fraction of sp³-hybridized carbons (Fsp3) is 0.846. The van der Waals surface area contributed by atoms with Gasteiger partial charge in [0.05, 0.1) is 0 Å². The summed E-state index contributed by atoms with van der Waals surface area (Å²) in [6.07, 6.45) is 6.13. The van der Waals surface area contributed by atoms with E-state index in [-0.39, 0.29) is 5.89 Å². The SMILES string of the molecule is CC(C)(C)C.[2H]C(C)(C)CC=CCC. The first kappa shape index (κ1) is 12.7. The van der Waals surface area contributed by atoms with Crippen molar-refractivity contribution >= 4 is 0 Å².